The average Bonchev–Trinajstić information content (AvgIpc) is 3.05. The van der Waals surface area contributed by atoms with Crippen molar-refractivity contribution in [2.45, 2.75) is 18.4 Å². The molecule has 0 spiro atoms. The van der Waals surface area contributed by atoms with E-state index in [1.807, 2.05) is 48.5 Å². The fourth-order valence-corrected chi connectivity index (χ4v) is 4.70. The lowest BCUT2D eigenvalue weighted by atomic mass is 9.98. The third kappa shape index (κ3) is 3.63. The van der Waals surface area contributed by atoms with E-state index in [2.05, 4.69) is 21.1 Å². The summed E-state index contributed by atoms with van der Waals surface area (Å²) in [5.74, 6) is -0.816. The summed E-state index contributed by atoms with van der Waals surface area (Å²) in [5.41, 5.74) is 2.90. The Hall–Kier alpha value is -1.50. The number of benzene rings is 2. The number of oxime groups is 1. The quantitative estimate of drug-likeness (QED) is 0.287. The topological polar surface area (TPSA) is 77.4 Å². The molecule has 138 valence electrons. The Morgan fingerprint density at radius 2 is 1.77 bits per heavy atom. The van der Waals surface area contributed by atoms with Gasteiger partial charge in [-0.3, -0.25) is 4.57 Å². The first-order chi connectivity index (χ1) is 12.5. The Bertz CT molecular complexity index is 847. The summed E-state index contributed by atoms with van der Waals surface area (Å²) in [5, 5.41) is 12.9. The van der Waals surface area contributed by atoms with Crippen molar-refractivity contribution in [2.24, 2.45) is 5.16 Å². The van der Waals surface area contributed by atoms with E-state index in [9.17, 15) is 9.77 Å². The minimum absolute atomic E-state index is 0.319. The Morgan fingerprint density at radius 1 is 1.15 bits per heavy atom. The van der Waals surface area contributed by atoms with Crippen molar-refractivity contribution >= 4 is 29.2 Å². The fraction of sp³-hybridized carbons (Fsp3) is 0.278. The highest BCUT2D eigenvalue weighted by Crippen LogP contribution is 2.65. The molecule has 3 rings (SSSR count). The first-order valence-electron chi connectivity index (χ1n) is 7.94. The first kappa shape index (κ1) is 19.3. The van der Waals surface area contributed by atoms with Gasteiger partial charge < -0.3 is 19.0 Å². The number of rotatable bonds is 6. The van der Waals surface area contributed by atoms with Crippen molar-refractivity contribution < 1.29 is 23.6 Å². The standard InChI is InChI=1S/C18H19BrNO5P/c1-23-26(22,24-2)18-15-6-4-3-5-14(15)17(25-18)11-16(20-21)12-7-9-13(19)10-8-12/h3-10,17-18,21H,11H2,1-2H3/b20-16+/t17-,18+/m1/s1. The maximum absolute atomic E-state index is 12.9. The maximum atomic E-state index is 12.9. The van der Waals surface area contributed by atoms with Gasteiger partial charge >= 0.3 is 7.60 Å². The van der Waals surface area contributed by atoms with Gasteiger partial charge in [0.05, 0.1) is 11.8 Å². The van der Waals surface area contributed by atoms with Crippen LogP contribution in [0.25, 0.3) is 0 Å². The average molecular weight is 440 g/mol. The highest BCUT2D eigenvalue weighted by atomic mass is 79.9. The lowest BCUT2D eigenvalue weighted by Gasteiger charge is -2.21. The lowest BCUT2D eigenvalue weighted by Crippen LogP contribution is -2.09. The van der Waals surface area contributed by atoms with Gasteiger partial charge in [-0.2, -0.15) is 0 Å². The van der Waals surface area contributed by atoms with Crippen molar-refractivity contribution in [1.82, 2.24) is 0 Å². The highest BCUT2D eigenvalue weighted by molar-refractivity contribution is 9.10. The molecule has 1 N–H and O–H groups in total. The van der Waals surface area contributed by atoms with Crippen LogP contribution in [0.15, 0.2) is 58.2 Å². The van der Waals surface area contributed by atoms with Crippen LogP contribution in [0.1, 0.15) is 35.1 Å². The SMILES string of the molecule is COP(=O)(OC)[C@@H]1O[C@H](C/C(=N\O)c2ccc(Br)cc2)c2ccccc21. The van der Waals surface area contributed by atoms with E-state index in [1.54, 1.807) is 0 Å². The summed E-state index contributed by atoms with van der Waals surface area (Å²) in [7, 11) is -0.781. The van der Waals surface area contributed by atoms with E-state index < -0.39 is 19.5 Å². The third-order valence-electron chi connectivity index (χ3n) is 4.38. The third-order valence-corrected chi connectivity index (χ3v) is 6.90. The fourth-order valence-electron chi connectivity index (χ4n) is 3.03. The predicted octanol–water partition coefficient (Wildman–Crippen LogP) is 5.27. The molecule has 6 nitrogen and oxygen atoms in total. The van der Waals surface area contributed by atoms with Crippen LogP contribution in [-0.2, 0) is 18.3 Å². The molecule has 0 radical (unpaired) electrons. The highest BCUT2D eigenvalue weighted by Gasteiger charge is 2.45. The van der Waals surface area contributed by atoms with E-state index >= 15 is 0 Å². The van der Waals surface area contributed by atoms with E-state index in [1.165, 1.54) is 14.2 Å². The number of hydrogen-bond acceptors (Lipinski definition) is 6. The van der Waals surface area contributed by atoms with Gasteiger partial charge in [-0.25, -0.2) is 0 Å². The summed E-state index contributed by atoms with van der Waals surface area (Å²) in [4.78, 5) is 0. The van der Waals surface area contributed by atoms with Gasteiger partial charge in [-0.15, -0.1) is 0 Å². The summed E-state index contributed by atoms with van der Waals surface area (Å²) in [6.45, 7) is 0. The Balaban J connectivity index is 1.91. The van der Waals surface area contributed by atoms with E-state index in [0.717, 1.165) is 21.2 Å². The molecule has 0 saturated carbocycles. The molecule has 0 aromatic heterocycles. The second-order valence-electron chi connectivity index (χ2n) is 5.77. The monoisotopic (exact) mass is 439 g/mol. The smallest absolute Gasteiger partial charge is 0.363 e. The molecule has 0 bridgehead atoms. The van der Waals surface area contributed by atoms with Crippen LogP contribution in [-0.4, -0.2) is 25.1 Å². The number of fused-ring (bicyclic) bond motifs is 1. The van der Waals surface area contributed by atoms with Gasteiger partial charge in [0.1, 0.15) is 0 Å². The molecular formula is C18H19BrNO5P. The van der Waals surface area contributed by atoms with Gasteiger partial charge in [-0.1, -0.05) is 57.5 Å². The molecule has 2 aromatic rings. The summed E-state index contributed by atoms with van der Waals surface area (Å²) in [6, 6.07) is 14.9. The van der Waals surface area contributed by atoms with E-state index in [4.69, 9.17) is 13.8 Å². The molecule has 2 aromatic carbocycles. The van der Waals surface area contributed by atoms with Crippen LogP contribution in [0.3, 0.4) is 0 Å². The molecule has 26 heavy (non-hydrogen) atoms. The predicted molar refractivity (Wildman–Crippen MR) is 102 cm³/mol. The zero-order valence-corrected chi connectivity index (χ0v) is 16.8. The zero-order valence-electron chi connectivity index (χ0n) is 14.3. The van der Waals surface area contributed by atoms with Crippen LogP contribution >= 0.6 is 23.5 Å². The van der Waals surface area contributed by atoms with Crippen LogP contribution in [0.2, 0.25) is 0 Å². The Kier molecular flexibility index (Phi) is 5.95. The maximum Gasteiger partial charge on any atom is 0.363 e. The molecule has 0 amide bonds. The summed E-state index contributed by atoms with van der Waals surface area (Å²) >= 11 is 3.39. The molecule has 1 heterocycles. The molecule has 0 fully saturated rings. The molecule has 8 heteroatoms. The van der Waals surface area contributed by atoms with Gasteiger partial charge in [0.25, 0.3) is 0 Å². The number of halogens is 1. The second kappa shape index (κ2) is 8.03. The van der Waals surface area contributed by atoms with Crippen LogP contribution < -0.4 is 0 Å². The summed E-state index contributed by atoms with van der Waals surface area (Å²) < 4.78 is 30.1. The molecule has 2 atom stereocenters. The van der Waals surface area contributed by atoms with Crippen LogP contribution in [0.5, 0.6) is 0 Å². The van der Waals surface area contributed by atoms with Crippen molar-refractivity contribution in [2.75, 3.05) is 14.2 Å². The largest absolute Gasteiger partial charge is 0.411 e. The first-order valence-corrected chi connectivity index (χ1v) is 10.3. The molecule has 1 aliphatic heterocycles. The van der Waals surface area contributed by atoms with Crippen LogP contribution in [0, 0.1) is 0 Å². The lowest BCUT2D eigenvalue weighted by molar-refractivity contribution is 0.0397. The van der Waals surface area contributed by atoms with Crippen LogP contribution in [0.4, 0.5) is 0 Å². The molecular weight excluding hydrogens is 421 g/mol. The molecule has 0 saturated heterocycles. The Labute approximate surface area is 160 Å². The van der Waals surface area contributed by atoms with Crippen molar-refractivity contribution in [3.63, 3.8) is 0 Å². The van der Waals surface area contributed by atoms with Gasteiger partial charge in [-0.05, 0) is 28.8 Å². The number of ether oxygens (including phenoxy) is 1. The number of hydrogen-bond donors (Lipinski definition) is 1. The number of nitrogens with zero attached hydrogens (tertiary/aromatic N) is 1. The van der Waals surface area contributed by atoms with Crippen molar-refractivity contribution in [3.8, 4) is 0 Å². The van der Waals surface area contributed by atoms with Gasteiger partial charge in [0.2, 0.25) is 0 Å². The molecule has 1 aliphatic rings. The van der Waals surface area contributed by atoms with Gasteiger partial charge in [0, 0.05) is 25.1 Å². The van der Waals surface area contributed by atoms with E-state index in [0.29, 0.717) is 12.1 Å². The normalized spacial score (nSPS) is 20.2. The minimum atomic E-state index is -3.46. The van der Waals surface area contributed by atoms with Crippen molar-refractivity contribution in [1.29, 1.82) is 0 Å². The molecule has 0 unspecified atom stereocenters. The summed E-state index contributed by atoms with van der Waals surface area (Å²) in [6.07, 6.45) is -0.108. The van der Waals surface area contributed by atoms with E-state index in [-0.39, 0.29) is 0 Å². The molecule has 0 aliphatic carbocycles. The zero-order chi connectivity index (χ0) is 18.7. The Morgan fingerprint density at radius 3 is 2.35 bits per heavy atom. The van der Waals surface area contributed by atoms with Crippen molar-refractivity contribution in [3.05, 3.63) is 69.7 Å². The minimum Gasteiger partial charge on any atom is -0.411 e. The van der Waals surface area contributed by atoms with Gasteiger partial charge in [0.15, 0.2) is 5.85 Å². The second-order valence-corrected chi connectivity index (χ2v) is 8.96.